The van der Waals surface area contributed by atoms with Crippen LogP contribution < -0.4 is 10.1 Å². The van der Waals surface area contributed by atoms with E-state index in [0.717, 1.165) is 22.8 Å². The van der Waals surface area contributed by atoms with E-state index in [4.69, 9.17) is 4.74 Å². The van der Waals surface area contributed by atoms with E-state index in [1.807, 2.05) is 32.3 Å². The Labute approximate surface area is 122 Å². The normalized spacial score (nSPS) is 12.3. The summed E-state index contributed by atoms with van der Waals surface area (Å²) in [5, 5.41) is 7.72. The van der Waals surface area contributed by atoms with E-state index >= 15 is 0 Å². The molecule has 1 atom stereocenters. The lowest BCUT2D eigenvalue weighted by atomic mass is 10.2. The molecular weight excluding hydrogens is 268 g/mol. The molecule has 3 heterocycles. The first-order valence-electron chi connectivity index (χ1n) is 6.59. The largest absolute Gasteiger partial charge is 0.493 e. The SMILES string of the molecule is COc1cn(C)nc1C(C)Nc1ccc2nccnc2n1. The van der Waals surface area contributed by atoms with Crippen molar-refractivity contribution in [2.24, 2.45) is 7.05 Å². The highest BCUT2D eigenvalue weighted by molar-refractivity contribution is 5.71. The highest BCUT2D eigenvalue weighted by Gasteiger charge is 2.16. The lowest BCUT2D eigenvalue weighted by Gasteiger charge is -2.13. The number of nitrogens with zero attached hydrogens (tertiary/aromatic N) is 5. The van der Waals surface area contributed by atoms with Crippen LogP contribution in [0, 0.1) is 0 Å². The Bertz CT molecular complexity index is 769. The predicted molar refractivity (Wildman–Crippen MR) is 79.1 cm³/mol. The van der Waals surface area contributed by atoms with Crippen molar-refractivity contribution >= 4 is 17.0 Å². The summed E-state index contributed by atoms with van der Waals surface area (Å²) in [4.78, 5) is 12.8. The Balaban J connectivity index is 1.86. The summed E-state index contributed by atoms with van der Waals surface area (Å²) in [6.07, 6.45) is 5.12. The number of rotatable bonds is 4. The van der Waals surface area contributed by atoms with Gasteiger partial charge < -0.3 is 10.1 Å². The van der Waals surface area contributed by atoms with E-state index in [2.05, 4.69) is 25.4 Å². The first-order valence-corrected chi connectivity index (χ1v) is 6.59. The topological polar surface area (TPSA) is 77.8 Å². The molecule has 0 fully saturated rings. The quantitative estimate of drug-likeness (QED) is 0.789. The van der Waals surface area contributed by atoms with Crippen LogP contribution in [0.5, 0.6) is 5.75 Å². The number of methoxy groups -OCH3 is 1. The van der Waals surface area contributed by atoms with Gasteiger partial charge in [0.1, 0.15) is 17.0 Å². The smallest absolute Gasteiger partial charge is 0.180 e. The van der Waals surface area contributed by atoms with E-state index in [1.165, 1.54) is 0 Å². The highest BCUT2D eigenvalue weighted by atomic mass is 16.5. The van der Waals surface area contributed by atoms with Crippen molar-refractivity contribution in [2.45, 2.75) is 13.0 Å². The van der Waals surface area contributed by atoms with Crippen molar-refractivity contribution < 1.29 is 4.74 Å². The van der Waals surface area contributed by atoms with Crippen LogP contribution in [0.25, 0.3) is 11.2 Å². The molecule has 0 radical (unpaired) electrons. The highest BCUT2D eigenvalue weighted by Crippen LogP contribution is 2.25. The molecule has 3 aromatic heterocycles. The first kappa shape index (κ1) is 13.3. The van der Waals surface area contributed by atoms with E-state index in [-0.39, 0.29) is 6.04 Å². The summed E-state index contributed by atoms with van der Waals surface area (Å²) in [5.41, 5.74) is 2.22. The third-order valence-electron chi connectivity index (χ3n) is 3.15. The molecule has 0 bridgehead atoms. The van der Waals surface area contributed by atoms with Crippen molar-refractivity contribution in [3.63, 3.8) is 0 Å². The van der Waals surface area contributed by atoms with Crippen LogP contribution in [-0.4, -0.2) is 31.8 Å². The van der Waals surface area contributed by atoms with Crippen molar-refractivity contribution in [1.82, 2.24) is 24.7 Å². The van der Waals surface area contributed by atoms with Gasteiger partial charge in [-0.2, -0.15) is 5.10 Å². The van der Waals surface area contributed by atoms with Crippen LogP contribution in [-0.2, 0) is 7.05 Å². The monoisotopic (exact) mass is 284 g/mol. The number of pyridine rings is 1. The second kappa shape index (κ2) is 5.35. The number of anilines is 1. The summed E-state index contributed by atoms with van der Waals surface area (Å²) < 4.78 is 7.06. The molecule has 0 aliphatic heterocycles. The number of hydrogen-bond donors (Lipinski definition) is 1. The summed E-state index contributed by atoms with van der Waals surface area (Å²) in [6.45, 7) is 2.01. The van der Waals surface area contributed by atoms with Gasteiger partial charge in [0.15, 0.2) is 11.4 Å². The van der Waals surface area contributed by atoms with Crippen LogP contribution in [0.15, 0.2) is 30.7 Å². The third kappa shape index (κ3) is 2.62. The van der Waals surface area contributed by atoms with Crippen LogP contribution in [0.3, 0.4) is 0 Å². The molecule has 3 rings (SSSR count). The molecule has 3 aromatic rings. The molecule has 1 unspecified atom stereocenters. The first-order chi connectivity index (χ1) is 10.2. The molecule has 0 saturated heterocycles. The number of aryl methyl sites for hydroxylation is 1. The molecule has 0 spiro atoms. The molecule has 0 saturated carbocycles. The van der Waals surface area contributed by atoms with Gasteiger partial charge in [0.05, 0.1) is 19.3 Å². The summed E-state index contributed by atoms with van der Waals surface area (Å²) in [5.74, 6) is 1.47. The second-order valence-corrected chi connectivity index (χ2v) is 4.72. The second-order valence-electron chi connectivity index (χ2n) is 4.72. The third-order valence-corrected chi connectivity index (χ3v) is 3.15. The minimum atomic E-state index is -0.0391. The Kier molecular flexibility index (Phi) is 3.39. The van der Waals surface area contributed by atoms with Gasteiger partial charge in [-0.05, 0) is 19.1 Å². The van der Waals surface area contributed by atoms with Crippen molar-refractivity contribution in [2.75, 3.05) is 12.4 Å². The maximum Gasteiger partial charge on any atom is 0.180 e. The van der Waals surface area contributed by atoms with Crippen LogP contribution in [0.2, 0.25) is 0 Å². The standard InChI is InChI=1S/C14H16N6O/c1-9(13-11(21-3)8-20(2)19-13)17-12-5-4-10-14(18-12)16-7-6-15-10/h4-9H,1-3H3,(H,16,17,18). The Morgan fingerprint density at radius 3 is 2.86 bits per heavy atom. The van der Waals surface area contributed by atoms with Crippen LogP contribution >= 0.6 is 0 Å². The lowest BCUT2D eigenvalue weighted by Crippen LogP contribution is -2.10. The van der Waals surface area contributed by atoms with Gasteiger partial charge in [-0.3, -0.25) is 9.67 Å². The molecule has 0 amide bonds. The van der Waals surface area contributed by atoms with Gasteiger partial charge in [0, 0.05) is 19.4 Å². The summed E-state index contributed by atoms with van der Waals surface area (Å²) in [6, 6.07) is 3.73. The zero-order valence-corrected chi connectivity index (χ0v) is 12.1. The number of nitrogens with one attached hydrogen (secondary N) is 1. The molecular formula is C14H16N6O. The maximum absolute atomic E-state index is 5.33. The van der Waals surface area contributed by atoms with Crippen molar-refractivity contribution in [3.05, 3.63) is 36.4 Å². The lowest BCUT2D eigenvalue weighted by molar-refractivity contribution is 0.407. The van der Waals surface area contributed by atoms with Gasteiger partial charge in [-0.15, -0.1) is 0 Å². The van der Waals surface area contributed by atoms with Gasteiger partial charge >= 0.3 is 0 Å². The fraction of sp³-hybridized carbons (Fsp3) is 0.286. The number of fused-ring (bicyclic) bond motifs is 1. The van der Waals surface area contributed by atoms with Crippen molar-refractivity contribution in [1.29, 1.82) is 0 Å². The molecule has 7 heteroatoms. The average Bonchev–Trinajstić information content (AvgIpc) is 2.88. The van der Waals surface area contributed by atoms with Gasteiger partial charge in [-0.1, -0.05) is 0 Å². The number of aromatic nitrogens is 5. The van der Waals surface area contributed by atoms with Gasteiger partial charge in [0.2, 0.25) is 0 Å². The van der Waals surface area contributed by atoms with Gasteiger partial charge in [0.25, 0.3) is 0 Å². The maximum atomic E-state index is 5.33. The Morgan fingerprint density at radius 1 is 1.24 bits per heavy atom. The number of ether oxygens (including phenoxy) is 1. The molecule has 0 aromatic carbocycles. The predicted octanol–water partition coefficient (Wildman–Crippen LogP) is 1.94. The van der Waals surface area contributed by atoms with E-state index < -0.39 is 0 Å². The van der Waals surface area contributed by atoms with Crippen LogP contribution in [0.1, 0.15) is 18.7 Å². The minimum absolute atomic E-state index is 0.0391. The molecule has 0 aliphatic rings. The number of hydrogen-bond acceptors (Lipinski definition) is 6. The fourth-order valence-corrected chi connectivity index (χ4v) is 2.17. The van der Waals surface area contributed by atoms with Crippen LogP contribution in [0.4, 0.5) is 5.82 Å². The van der Waals surface area contributed by atoms with E-state index in [9.17, 15) is 0 Å². The molecule has 7 nitrogen and oxygen atoms in total. The molecule has 21 heavy (non-hydrogen) atoms. The molecule has 1 N–H and O–H groups in total. The van der Waals surface area contributed by atoms with Crippen molar-refractivity contribution in [3.8, 4) is 5.75 Å². The zero-order valence-electron chi connectivity index (χ0n) is 12.1. The zero-order chi connectivity index (χ0) is 14.8. The Hall–Kier alpha value is -2.70. The molecule has 108 valence electrons. The van der Waals surface area contributed by atoms with E-state index in [1.54, 1.807) is 24.2 Å². The summed E-state index contributed by atoms with van der Waals surface area (Å²) >= 11 is 0. The van der Waals surface area contributed by atoms with E-state index in [0.29, 0.717) is 5.65 Å². The average molecular weight is 284 g/mol. The minimum Gasteiger partial charge on any atom is -0.493 e. The Morgan fingerprint density at radius 2 is 2.05 bits per heavy atom. The fourth-order valence-electron chi connectivity index (χ4n) is 2.17. The van der Waals surface area contributed by atoms with Gasteiger partial charge in [-0.25, -0.2) is 9.97 Å². The summed E-state index contributed by atoms with van der Waals surface area (Å²) in [7, 11) is 3.50. The molecule has 0 aliphatic carbocycles.